The van der Waals surface area contributed by atoms with E-state index in [1.54, 1.807) is 7.11 Å². The van der Waals surface area contributed by atoms with Gasteiger partial charge < -0.3 is 14.5 Å². The lowest BCUT2D eigenvalue weighted by atomic mass is 10.4. The molecule has 0 radical (unpaired) electrons. The molecular formula is C10H14ClNO5S. The number of ether oxygens (including phenoxy) is 1. The molecule has 1 aromatic heterocycles. The molecule has 0 aliphatic rings. The minimum Gasteiger partial charge on any atom is -0.455 e. The number of carbonyl (C=O) groups is 1. The fourth-order valence-corrected chi connectivity index (χ4v) is 2.42. The Morgan fingerprint density at radius 2 is 2.22 bits per heavy atom. The van der Waals surface area contributed by atoms with Crippen LogP contribution in [0.25, 0.3) is 0 Å². The first-order chi connectivity index (χ1) is 8.36. The topological polar surface area (TPSA) is 85.6 Å². The Hall–Kier alpha value is -1.05. The van der Waals surface area contributed by atoms with Crippen molar-refractivity contribution in [2.45, 2.75) is 18.2 Å². The van der Waals surface area contributed by atoms with E-state index >= 15 is 0 Å². The Morgan fingerprint density at radius 1 is 1.56 bits per heavy atom. The lowest BCUT2D eigenvalue weighted by Crippen LogP contribution is -2.24. The molecule has 0 atom stereocenters. The van der Waals surface area contributed by atoms with Crippen LogP contribution < -0.4 is 5.32 Å². The summed E-state index contributed by atoms with van der Waals surface area (Å²) in [5.74, 6) is -0.475. The largest absolute Gasteiger partial charge is 0.455 e. The number of hydrogen-bond donors (Lipinski definition) is 1. The zero-order chi connectivity index (χ0) is 13.8. The predicted octanol–water partition coefficient (Wildman–Crippen LogP) is 1.28. The van der Waals surface area contributed by atoms with Crippen LogP contribution >= 0.6 is 10.7 Å². The smallest absolute Gasteiger partial charge is 0.287 e. The molecule has 1 aromatic rings. The van der Waals surface area contributed by atoms with Crippen LogP contribution in [0, 0.1) is 6.92 Å². The highest BCUT2D eigenvalue weighted by Crippen LogP contribution is 2.23. The van der Waals surface area contributed by atoms with Crippen molar-refractivity contribution >= 4 is 25.6 Å². The molecule has 1 amide bonds. The quantitative estimate of drug-likeness (QED) is 0.631. The van der Waals surface area contributed by atoms with Gasteiger partial charge in [-0.05, 0) is 13.3 Å². The molecule has 0 aliphatic carbocycles. The lowest BCUT2D eigenvalue weighted by molar-refractivity contribution is 0.0919. The van der Waals surface area contributed by atoms with E-state index in [1.807, 2.05) is 0 Å². The predicted molar refractivity (Wildman–Crippen MR) is 65.3 cm³/mol. The number of amides is 1. The number of rotatable bonds is 6. The number of halogens is 1. The van der Waals surface area contributed by atoms with Crippen LogP contribution in [0.4, 0.5) is 0 Å². The number of hydrogen-bond acceptors (Lipinski definition) is 5. The number of aryl methyl sites for hydroxylation is 1. The van der Waals surface area contributed by atoms with Crippen molar-refractivity contribution in [3.8, 4) is 0 Å². The SMILES string of the molecule is COCCCNC(=O)c1cc(S(=O)(=O)Cl)c(C)o1. The molecule has 0 aliphatic heterocycles. The van der Waals surface area contributed by atoms with Gasteiger partial charge in [0, 0.05) is 37.0 Å². The van der Waals surface area contributed by atoms with Gasteiger partial charge in [-0.25, -0.2) is 8.42 Å². The van der Waals surface area contributed by atoms with Gasteiger partial charge in [0.05, 0.1) is 0 Å². The van der Waals surface area contributed by atoms with Crippen LogP contribution in [0.15, 0.2) is 15.4 Å². The first-order valence-electron chi connectivity index (χ1n) is 5.18. The third-order valence-electron chi connectivity index (χ3n) is 2.17. The number of methoxy groups -OCH3 is 1. The van der Waals surface area contributed by atoms with Gasteiger partial charge in [0.25, 0.3) is 15.0 Å². The molecule has 1 rings (SSSR count). The van der Waals surface area contributed by atoms with Crippen LogP contribution in [0.3, 0.4) is 0 Å². The molecule has 6 nitrogen and oxygen atoms in total. The third kappa shape index (κ3) is 4.01. The molecule has 8 heteroatoms. The summed E-state index contributed by atoms with van der Waals surface area (Å²) in [6.45, 7) is 2.37. The highest BCUT2D eigenvalue weighted by molar-refractivity contribution is 8.13. The van der Waals surface area contributed by atoms with Gasteiger partial charge in [-0.3, -0.25) is 4.79 Å². The second-order valence-corrected chi connectivity index (χ2v) is 6.11. The van der Waals surface area contributed by atoms with Crippen molar-refractivity contribution in [2.24, 2.45) is 0 Å². The van der Waals surface area contributed by atoms with Gasteiger partial charge >= 0.3 is 0 Å². The molecule has 0 aromatic carbocycles. The average Bonchev–Trinajstić information content (AvgIpc) is 2.66. The lowest BCUT2D eigenvalue weighted by Gasteiger charge is -2.01. The fourth-order valence-electron chi connectivity index (χ4n) is 1.32. The summed E-state index contributed by atoms with van der Waals surface area (Å²) in [6.07, 6.45) is 0.655. The van der Waals surface area contributed by atoms with Crippen molar-refractivity contribution in [3.05, 3.63) is 17.6 Å². The van der Waals surface area contributed by atoms with Crippen LogP contribution in [0.1, 0.15) is 22.7 Å². The average molecular weight is 296 g/mol. The summed E-state index contributed by atoms with van der Waals surface area (Å²) in [4.78, 5) is 11.4. The summed E-state index contributed by atoms with van der Waals surface area (Å²) >= 11 is 0. The third-order valence-corrected chi connectivity index (χ3v) is 3.60. The highest BCUT2D eigenvalue weighted by atomic mass is 35.7. The van der Waals surface area contributed by atoms with E-state index in [0.29, 0.717) is 19.6 Å². The summed E-state index contributed by atoms with van der Waals surface area (Å²) in [5, 5.41) is 2.58. The zero-order valence-electron chi connectivity index (χ0n) is 10.0. The number of nitrogens with one attached hydrogen (secondary N) is 1. The molecular weight excluding hydrogens is 282 g/mol. The van der Waals surface area contributed by atoms with E-state index in [1.165, 1.54) is 6.92 Å². The van der Waals surface area contributed by atoms with Crippen LogP contribution in [0.5, 0.6) is 0 Å². The Labute approximate surface area is 110 Å². The fraction of sp³-hybridized carbons (Fsp3) is 0.500. The molecule has 1 heterocycles. The van der Waals surface area contributed by atoms with Crippen molar-refractivity contribution in [1.29, 1.82) is 0 Å². The highest BCUT2D eigenvalue weighted by Gasteiger charge is 2.21. The molecule has 0 fully saturated rings. The summed E-state index contributed by atoms with van der Waals surface area (Å²) in [7, 11) is 2.86. The van der Waals surface area contributed by atoms with Crippen LogP contribution in [-0.2, 0) is 13.8 Å². The number of furan rings is 1. The normalized spacial score (nSPS) is 11.5. The van der Waals surface area contributed by atoms with E-state index in [-0.39, 0.29) is 16.4 Å². The molecule has 102 valence electrons. The standard InChI is InChI=1S/C10H14ClNO5S/c1-7-9(18(11,14)15)6-8(17-7)10(13)12-4-3-5-16-2/h6H,3-5H2,1-2H3,(H,12,13). The molecule has 0 saturated heterocycles. The molecule has 0 unspecified atom stereocenters. The van der Waals surface area contributed by atoms with Gasteiger partial charge in [-0.2, -0.15) is 0 Å². The first-order valence-corrected chi connectivity index (χ1v) is 7.49. The Bertz CT molecular complexity index is 522. The van der Waals surface area contributed by atoms with Gasteiger partial charge in [0.1, 0.15) is 10.7 Å². The van der Waals surface area contributed by atoms with Crippen LogP contribution in [0.2, 0.25) is 0 Å². The molecule has 0 saturated carbocycles. The molecule has 18 heavy (non-hydrogen) atoms. The minimum atomic E-state index is -3.90. The van der Waals surface area contributed by atoms with E-state index in [2.05, 4.69) is 5.32 Å². The van der Waals surface area contributed by atoms with E-state index in [4.69, 9.17) is 19.8 Å². The van der Waals surface area contributed by atoms with Crippen LogP contribution in [-0.4, -0.2) is 34.6 Å². The molecule has 0 spiro atoms. The first kappa shape index (κ1) is 15.0. The monoisotopic (exact) mass is 295 g/mol. The minimum absolute atomic E-state index is 0.0795. The van der Waals surface area contributed by atoms with Gasteiger partial charge in [0.2, 0.25) is 0 Å². The van der Waals surface area contributed by atoms with Crippen molar-refractivity contribution in [1.82, 2.24) is 5.32 Å². The summed E-state index contributed by atoms with van der Waals surface area (Å²) in [5.41, 5.74) is 0. The second-order valence-electron chi connectivity index (χ2n) is 3.57. The Balaban J connectivity index is 2.71. The number of carbonyl (C=O) groups excluding carboxylic acids is 1. The second kappa shape index (κ2) is 6.21. The Kier molecular flexibility index (Phi) is 5.18. The van der Waals surface area contributed by atoms with Crippen molar-refractivity contribution < 1.29 is 22.4 Å². The maximum atomic E-state index is 11.6. The van der Waals surface area contributed by atoms with Crippen molar-refractivity contribution in [2.75, 3.05) is 20.3 Å². The van der Waals surface area contributed by atoms with Gasteiger partial charge in [-0.15, -0.1) is 0 Å². The summed E-state index contributed by atoms with van der Waals surface area (Å²) in [6, 6.07) is 1.11. The maximum absolute atomic E-state index is 11.6. The van der Waals surface area contributed by atoms with Crippen molar-refractivity contribution in [3.63, 3.8) is 0 Å². The Morgan fingerprint density at radius 3 is 2.72 bits per heavy atom. The molecule has 1 N–H and O–H groups in total. The summed E-state index contributed by atoms with van der Waals surface area (Å²) < 4.78 is 32.2. The van der Waals surface area contributed by atoms with E-state index in [9.17, 15) is 13.2 Å². The van der Waals surface area contributed by atoms with E-state index in [0.717, 1.165) is 6.07 Å². The van der Waals surface area contributed by atoms with Gasteiger partial charge in [-0.1, -0.05) is 0 Å². The zero-order valence-corrected chi connectivity index (χ0v) is 11.6. The van der Waals surface area contributed by atoms with E-state index < -0.39 is 15.0 Å². The maximum Gasteiger partial charge on any atom is 0.287 e. The molecule has 0 bridgehead atoms. The van der Waals surface area contributed by atoms with Gasteiger partial charge in [0.15, 0.2) is 5.76 Å².